The highest BCUT2D eigenvalue weighted by atomic mass is 19.4. The molecule has 8 nitrogen and oxygen atoms in total. The molecule has 0 aliphatic carbocycles. The third-order valence-corrected chi connectivity index (χ3v) is 4.94. The zero-order chi connectivity index (χ0) is 25.7. The highest BCUT2D eigenvalue weighted by molar-refractivity contribution is 5.93. The molecule has 0 fully saturated rings. The molecule has 2 N–H and O–H groups in total. The van der Waals surface area contributed by atoms with E-state index in [1.165, 1.54) is 24.6 Å². The van der Waals surface area contributed by atoms with Crippen LogP contribution in [0.25, 0.3) is 11.4 Å². The Bertz CT molecular complexity index is 1360. The molecule has 4 rings (SSSR count). The lowest BCUT2D eigenvalue weighted by Gasteiger charge is -2.12. The summed E-state index contributed by atoms with van der Waals surface area (Å²) >= 11 is 0. The van der Waals surface area contributed by atoms with E-state index < -0.39 is 29.3 Å². The third kappa shape index (κ3) is 6.17. The number of hydrogen-bond acceptors (Lipinski definition) is 7. The number of hydrogen-bond donors (Lipinski definition) is 2. The monoisotopic (exact) mass is 504 g/mol. The van der Waals surface area contributed by atoms with E-state index >= 15 is 0 Å². The molecular formula is C23H17F5N6O2. The molecule has 0 atom stereocenters. The lowest BCUT2D eigenvalue weighted by atomic mass is 10.2. The Kier molecular flexibility index (Phi) is 7.17. The Balaban J connectivity index is 1.61. The average Bonchev–Trinajstić information content (AvgIpc) is 3.36. The van der Waals surface area contributed by atoms with Gasteiger partial charge in [-0.1, -0.05) is 11.2 Å². The summed E-state index contributed by atoms with van der Waals surface area (Å²) in [7, 11) is 0. The zero-order valence-electron chi connectivity index (χ0n) is 18.3. The minimum Gasteiger partial charge on any atom is -0.366 e. The molecule has 186 valence electrons. The van der Waals surface area contributed by atoms with Gasteiger partial charge in [-0.05, 0) is 18.6 Å². The number of alkyl halides is 3. The summed E-state index contributed by atoms with van der Waals surface area (Å²) in [6, 6.07) is 5.09. The minimum absolute atomic E-state index is 0.0327. The van der Waals surface area contributed by atoms with Gasteiger partial charge in [0.1, 0.15) is 29.4 Å². The summed E-state index contributed by atoms with van der Waals surface area (Å²) in [5, 5.41) is 9.00. The fourth-order valence-corrected chi connectivity index (χ4v) is 3.11. The van der Waals surface area contributed by atoms with Crippen LogP contribution in [0.5, 0.6) is 0 Å². The Morgan fingerprint density at radius 3 is 2.58 bits per heavy atom. The molecule has 3 aromatic heterocycles. The number of anilines is 1. The van der Waals surface area contributed by atoms with Gasteiger partial charge in [-0.2, -0.15) is 13.2 Å². The summed E-state index contributed by atoms with van der Waals surface area (Å²) in [5.41, 5.74) is -0.394. The number of amides is 1. The fourth-order valence-electron chi connectivity index (χ4n) is 3.11. The van der Waals surface area contributed by atoms with Crippen molar-refractivity contribution in [2.75, 3.05) is 11.9 Å². The second-order valence-corrected chi connectivity index (χ2v) is 7.55. The quantitative estimate of drug-likeness (QED) is 0.343. The third-order valence-electron chi connectivity index (χ3n) is 4.94. The highest BCUT2D eigenvalue weighted by Gasteiger charge is 2.31. The van der Waals surface area contributed by atoms with E-state index in [4.69, 9.17) is 4.52 Å². The largest absolute Gasteiger partial charge is 0.417 e. The van der Waals surface area contributed by atoms with E-state index in [1.54, 1.807) is 0 Å². The standard InChI is InChI=1S/C23H17F5N6O2/c24-17-2-1-14(18(25)6-17)10-31-20-7-19(22(35)30-4-3-13-8-32-36-12-13)33-21(34-20)15-5-16(11-29-9-15)23(26,27)28/h1-2,5-9,11-12H,3-4,10H2,(H,30,35)(H,31,33,34). The number of rotatable bonds is 8. The number of pyridine rings is 1. The van der Waals surface area contributed by atoms with E-state index in [1.807, 2.05) is 0 Å². The molecule has 3 heterocycles. The van der Waals surface area contributed by atoms with Crippen LogP contribution in [0.2, 0.25) is 0 Å². The highest BCUT2D eigenvalue weighted by Crippen LogP contribution is 2.31. The molecule has 0 aliphatic rings. The normalized spacial score (nSPS) is 11.4. The average molecular weight is 504 g/mol. The maximum atomic E-state index is 14.0. The Labute approximate surface area is 200 Å². The van der Waals surface area contributed by atoms with Gasteiger partial charge in [-0.15, -0.1) is 0 Å². The molecule has 0 saturated heterocycles. The van der Waals surface area contributed by atoms with Gasteiger partial charge in [0.05, 0.1) is 11.8 Å². The van der Waals surface area contributed by atoms with Crippen LogP contribution in [0.15, 0.2) is 59.7 Å². The molecule has 0 unspecified atom stereocenters. The van der Waals surface area contributed by atoms with Crippen molar-refractivity contribution in [1.82, 2.24) is 25.4 Å². The van der Waals surface area contributed by atoms with E-state index in [0.29, 0.717) is 18.7 Å². The molecule has 36 heavy (non-hydrogen) atoms. The van der Waals surface area contributed by atoms with E-state index in [-0.39, 0.29) is 41.6 Å². The SMILES string of the molecule is O=C(NCCc1cnoc1)c1cc(NCc2ccc(F)cc2F)nc(-c2cncc(C(F)(F)F)c2)n1. The first kappa shape index (κ1) is 24.7. The van der Waals surface area contributed by atoms with Gasteiger partial charge in [0.15, 0.2) is 5.82 Å². The van der Waals surface area contributed by atoms with Crippen molar-refractivity contribution in [2.45, 2.75) is 19.1 Å². The van der Waals surface area contributed by atoms with Crippen LogP contribution in [0.1, 0.15) is 27.2 Å². The van der Waals surface area contributed by atoms with Crippen molar-refractivity contribution in [1.29, 1.82) is 0 Å². The molecule has 1 aromatic carbocycles. The first-order valence-corrected chi connectivity index (χ1v) is 10.4. The summed E-state index contributed by atoms with van der Waals surface area (Å²) in [4.78, 5) is 24.6. The van der Waals surface area contributed by atoms with Gasteiger partial charge in [0, 0.05) is 54.3 Å². The summed E-state index contributed by atoms with van der Waals surface area (Å²) < 4.78 is 71.4. The number of aromatic nitrogens is 4. The van der Waals surface area contributed by atoms with Crippen molar-refractivity contribution >= 4 is 11.7 Å². The van der Waals surface area contributed by atoms with Crippen molar-refractivity contribution in [2.24, 2.45) is 0 Å². The second-order valence-electron chi connectivity index (χ2n) is 7.55. The molecule has 4 aromatic rings. The molecule has 1 amide bonds. The van der Waals surface area contributed by atoms with Crippen LogP contribution < -0.4 is 10.6 Å². The Hall–Kier alpha value is -4.42. The topological polar surface area (TPSA) is 106 Å². The molecule has 0 spiro atoms. The smallest absolute Gasteiger partial charge is 0.366 e. The maximum Gasteiger partial charge on any atom is 0.417 e. The number of nitrogens with zero attached hydrogens (tertiary/aromatic N) is 4. The molecule has 0 aliphatic heterocycles. The summed E-state index contributed by atoms with van der Waals surface area (Å²) in [5.74, 6) is -2.34. The lowest BCUT2D eigenvalue weighted by Crippen LogP contribution is -2.27. The van der Waals surface area contributed by atoms with Crippen LogP contribution in [-0.2, 0) is 19.1 Å². The van der Waals surface area contributed by atoms with Crippen LogP contribution in [0.3, 0.4) is 0 Å². The predicted molar refractivity (Wildman–Crippen MR) is 116 cm³/mol. The van der Waals surface area contributed by atoms with Gasteiger partial charge in [-0.25, -0.2) is 18.7 Å². The summed E-state index contributed by atoms with van der Waals surface area (Å²) in [6.07, 6.45) is 0.460. The van der Waals surface area contributed by atoms with Crippen molar-refractivity contribution in [3.05, 3.63) is 89.2 Å². The number of carbonyl (C=O) groups is 1. The minimum atomic E-state index is -4.65. The van der Waals surface area contributed by atoms with Crippen molar-refractivity contribution < 1.29 is 31.3 Å². The molecule has 13 heteroatoms. The number of benzene rings is 1. The van der Waals surface area contributed by atoms with Gasteiger partial charge >= 0.3 is 6.18 Å². The first-order chi connectivity index (χ1) is 17.2. The van der Waals surface area contributed by atoms with Crippen molar-refractivity contribution in [3.63, 3.8) is 0 Å². The lowest BCUT2D eigenvalue weighted by molar-refractivity contribution is -0.137. The number of nitrogens with one attached hydrogen (secondary N) is 2. The second kappa shape index (κ2) is 10.5. The Morgan fingerprint density at radius 1 is 1.03 bits per heavy atom. The van der Waals surface area contributed by atoms with E-state index in [2.05, 4.69) is 30.7 Å². The predicted octanol–water partition coefficient (Wildman–Crippen LogP) is 4.41. The van der Waals surface area contributed by atoms with Gasteiger partial charge in [0.2, 0.25) is 0 Å². The number of halogens is 5. The van der Waals surface area contributed by atoms with Gasteiger partial charge in [-0.3, -0.25) is 9.78 Å². The summed E-state index contributed by atoms with van der Waals surface area (Å²) in [6.45, 7) is 0.0615. The van der Waals surface area contributed by atoms with Crippen LogP contribution in [0.4, 0.5) is 27.8 Å². The van der Waals surface area contributed by atoms with Crippen molar-refractivity contribution in [3.8, 4) is 11.4 Å². The Morgan fingerprint density at radius 2 is 1.86 bits per heavy atom. The van der Waals surface area contributed by atoms with Gasteiger partial charge in [0.25, 0.3) is 5.91 Å². The van der Waals surface area contributed by atoms with Crippen LogP contribution >= 0.6 is 0 Å². The first-order valence-electron chi connectivity index (χ1n) is 10.4. The molecule has 0 bridgehead atoms. The van der Waals surface area contributed by atoms with Crippen LogP contribution in [-0.4, -0.2) is 32.6 Å². The van der Waals surface area contributed by atoms with E-state index in [9.17, 15) is 26.7 Å². The fraction of sp³-hybridized carbons (Fsp3) is 0.174. The molecular weight excluding hydrogens is 487 g/mol. The van der Waals surface area contributed by atoms with Gasteiger partial charge < -0.3 is 15.2 Å². The number of carbonyl (C=O) groups excluding carboxylic acids is 1. The molecule has 0 saturated carbocycles. The van der Waals surface area contributed by atoms with Crippen LogP contribution in [0, 0.1) is 11.6 Å². The molecule has 0 radical (unpaired) electrons. The maximum absolute atomic E-state index is 14.0. The zero-order valence-corrected chi connectivity index (χ0v) is 18.3. The van der Waals surface area contributed by atoms with E-state index in [0.717, 1.165) is 23.9 Å².